The molecule has 34 heavy (non-hydrogen) atoms. The van der Waals surface area contributed by atoms with E-state index in [9.17, 15) is 22.4 Å². The highest BCUT2D eigenvalue weighted by atomic mass is 19.4. The van der Waals surface area contributed by atoms with E-state index in [2.05, 4.69) is 15.1 Å². The van der Waals surface area contributed by atoms with Gasteiger partial charge < -0.3 is 9.72 Å². The molecule has 0 radical (unpaired) electrons. The predicted octanol–water partition coefficient (Wildman–Crippen LogP) is 5.38. The SMILES string of the molecule is COc1cccc(Cc2nc3c(c(C(C)F)nn3C(C)c3ccc(C(F)(F)F)cc3)c(=O)[nH]2)c1. The van der Waals surface area contributed by atoms with Gasteiger partial charge in [-0.1, -0.05) is 24.3 Å². The lowest BCUT2D eigenvalue weighted by molar-refractivity contribution is -0.137. The lowest BCUT2D eigenvalue weighted by atomic mass is 10.1. The zero-order chi connectivity index (χ0) is 24.6. The van der Waals surface area contributed by atoms with Crippen molar-refractivity contribution in [2.45, 2.75) is 38.7 Å². The van der Waals surface area contributed by atoms with E-state index in [0.29, 0.717) is 17.1 Å². The summed E-state index contributed by atoms with van der Waals surface area (Å²) < 4.78 is 59.8. The first kappa shape index (κ1) is 23.5. The van der Waals surface area contributed by atoms with Gasteiger partial charge in [-0.3, -0.25) is 4.79 Å². The molecule has 0 saturated heterocycles. The lowest BCUT2D eigenvalue weighted by Gasteiger charge is -2.15. The van der Waals surface area contributed by atoms with E-state index in [1.165, 1.54) is 23.7 Å². The highest BCUT2D eigenvalue weighted by Gasteiger charge is 2.30. The van der Waals surface area contributed by atoms with Crippen molar-refractivity contribution < 1.29 is 22.3 Å². The minimum absolute atomic E-state index is 0.0168. The second kappa shape index (κ2) is 8.92. The van der Waals surface area contributed by atoms with Crippen molar-refractivity contribution in [1.82, 2.24) is 19.7 Å². The van der Waals surface area contributed by atoms with E-state index >= 15 is 0 Å². The summed E-state index contributed by atoms with van der Waals surface area (Å²) in [6.45, 7) is 2.96. The number of halogens is 4. The number of benzene rings is 2. The maximum atomic E-state index is 14.3. The fraction of sp³-hybridized carbons (Fsp3) is 0.292. The number of rotatable bonds is 6. The minimum Gasteiger partial charge on any atom is -0.497 e. The van der Waals surface area contributed by atoms with Crippen LogP contribution in [0.25, 0.3) is 11.0 Å². The number of hydrogen-bond acceptors (Lipinski definition) is 4. The highest BCUT2D eigenvalue weighted by Crippen LogP contribution is 2.32. The molecule has 4 aromatic rings. The summed E-state index contributed by atoms with van der Waals surface area (Å²) in [5.41, 5.74) is 0.119. The number of hydrogen-bond donors (Lipinski definition) is 1. The summed E-state index contributed by atoms with van der Waals surface area (Å²) >= 11 is 0. The normalized spacial score (nSPS) is 13.7. The van der Waals surface area contributed by atoms with Gasteiger partial charge in [0.05, 0.1) is 18.7 Å². The summed E-state index contributed by atoms with van der Waals surface area (Å²) in [5.74, 6) is 0.986. The standard InChI is InChI=1S/C24H22F4N4O2/c1-13(25)21-20-22(29-19(30-23(20)33)12-15-5-4-6-18(11-15)34-3)32(31-21)14(2)16-7-9-17(10-8-16)24(26,27)28/h4-11,13-14H,12H2,1-3H3,(H,29,30,33). The van der Waals surface area contributed by atoms with Gasteiger partial charge in [0.25, 0.3) is 5.56 Å². The molecule has 178 valence electrons. The molecule has 2 heterocycles. The van der Waals surface area contributed by atoms with Crippen molar-refractivity contribution in [3.05, 3.63) is 87.1 Å². The Balaban J connectivity index is 1.80. The van der Waals surface area contributed by atoms with Crippen molar-refractivity contribution in [3.8, 4) is 5.75 Å². The third-order valence-corrected chi connectivity index (χ3v) is 5.61. The first-order valence-corrected chi connectivity index (χ1v) is 10.5. The Kier molecular flexibility index (Phi) is 6.16. The van der Waals surface area contributed by atoms with Gasteiger partial charge in [-0.15, -0.1) is 0 Å². The topological polar surface area (TPSA) is 72.8 Å². The van der Waals surface area contributed by atoms with Crippen LogP contribution in [0.3, 0.4) is 0 Å². The molecule has 0 fully saturated rings. The predicted molar refractivity (Wildman–Crippen MR) is 119 cm³/mol. The summed E-state index contributed by atoms with van der Waals surface area (Å²) in [7, 11) is 1.55. The fourth-order valence-electron chi connectivity index (χ4n) is 3.82. The van der Waals surface area contributed by atoms with Crippen LogP contribution in [-0.2, 0) is 12.6 Å². The first-order chi connectivity index (χ1) is 16.1. The molecule has 0 aliphatic carbocycles. The first-order valence-electron chi connectivity index (χ1n) is 10.5. The molecule has 0 saturated carbocycles. The second-order valence-electron chi connectivity index (χ2n) is 7.98. The molecule has 0 bridgehead atoms. The second-order valence-corrected chi connectivity index (χ2v) is 7.98. The van der Waals surface area contributed by atoms with Gasteiger partial charge in [0, 0.05) is 6.42 Å². The molecule has 6 nitrogen and oxygen atoms in total. The van der Waals surface area contributed by atoms with E-state index in [1.54, 1.807) is 26.2 Å². The van der Waals surface area contributed by atoms with E-state index < -0.39 is 29.5 Å². The number of ether oxygens (including phenoxy) is 1. The molecule has 4 rings (SSSR count). The van der Waals surface area contributed by atoms with Gasteiger partial charge >= 0.3 is 6.18 Å². The molecular formula is C24H22F4N4O2. The number of methoxy groups -OCH3 is 1. The Hall–Kier alpha value is -3.69. The van der Waals surface area contributed by atoms with E-state index in [-0.39, 0.29) is 23.1 Å². The Bertz CT molecular complexity index is 1370. The van der Waals surface area contributed by atoms with Crippen LogP contribution >= 0.6 is 0 Å². The third-order valence-electron chi connectivity index (χ3n) is 5.61. The molecule has 2 atom stereocenters. The summed E-state index contributed by atoms with van der Waals surface area (Å²) in [5, 5.41) is 4.31. The summed E-state index contributed by atoms with van der Waals surface area (Å²) in [6, 6.07) is 11.3. The van der Waals surface area contributed by atoms with Crippen LogP contribution in [0, 0.1) is 0 Å². The largest absolute Gasteiger partial charge is 0.497 e. The van der Waals surface area contributed by atoms with Gasteiger partial charge in [0.1, 0.15) is 28.8 Å². The zero-order valence-electron chi connectivity index (χ0n) is 18.7. The zero-order valence-corrected chi connectivity index (χ0v) is 18.7. The van der Waals surface area contributed by atoms with Crippen molar-refractivity contribution in [3.63, 3.8) is 0 Å². The molecule has 10 heteroatoms. The van der Waals surface area contributed by atoms with Gasteiger partial charge in [0.15, 0.2) is 5.65 Å². The van der Waals surface area contributed by atoms with E-state index in [1.807, 2.05) is 12.1 Å². The molecule has 0 aliphatic heterocycles. The van der Waals surface area contributed by atoms with Crippen LogP contribution in [0.1, 0.15) is 54.3 Å². The van der Waals surface area contributed by atoms with Gasteiger partial charge in [-0.05, 0) is 49.2 Å². The Morgan fingerprint density at radius 2 is 1.82 bits per heavy atom. The van der Waals surface area contributed by atoms with Crippen molar-refractivity contribution in [2.24, 2.45) is 0 Å². The summed E-state index contributed by atoms with van der Waals surface area (Å²) in [6.07, 6.45) is -5.72. The maximum Gasteiger partial charge on any atom is 0.416 e. The van der Waals surface area contributed by atoms with Gasteiger partial charge in [-0.25, -0.2) is 14.1 Å². The molecule has 2 aromatic carbocycles. The number of fused-ring (bicyclic) bond motifs is 1. The van der Waals surface area contributed by atoms with Crippen molar-refractivity contribution in [1.29, 1.82) is 0 Å². The molecule has 2 unspecified atom stereocenters. The van der Waals surface area contributed by atoms with Crippen LogP contribution in [-0.4, -0.2) is 26.9 Å². The molecule has 0 spiro atoms. The molecule has 2 aromatic heterocycles. The van der Waals surface area contributed by atoms with Crippen molar-refractivity contribution >= 4 is 11.0 Å². The number of aromatic amines is 1. The fourth-order valence-corrected chi connectivity index (χ4v) is 3.82. The maximum absolute atomic E-state index is 14.3. The smallest absolute Gasteiger partial charge is 0.416 e. The minimum atomic E-state index is -4.46. The average molecular weight is 474 g/mol. The van der Waals surface area contributed by atoms with Crippen LogP contribution in [0.15, 0.2) is 53.3 Å². The lowest BCUT2D eigenvalue weighted by Crippen LogP contribution is -2.15. The van der Waals surface area contributed by atoms with Crippen LogP contribution < -0.4 is 10.3 Å². The number of alkyl halides is 4. The number of nitrogens with one attached hydrogen (secondary N) is 1. The highest BCUT2D eigenvalue weighted by molar-refractivity contribution is 5.78. The van der Waals surface area contributed by atoms with Gasteiger partial charge in [0.2, 0.25) is 0 Å². The van der Waals surface area contributed by atoms with E-state index in [4.69, 9.17) is 4.74 Å². The molecular weight excluding hydrogens is 452 g/mol. The Morgan fingerprint density at radius 1 is 1.12 bits per heavy atom. The number of H-pyrrole nitrogens is 1. The quantitative estimate of drug-likeness (QED) is 0.381. The molecule has 0 amide bonds. The Labute approximate surface area is 192 Å². The molecule has 0 aliphatic rings. The van der Waals surface area contributed by atoms with Crippen LogP contribution in [0.4, 0.5) is 17.6 Å². The average Bonchev–Trinajstić information content (AvgIpc) is 3.18. The molecule has 1 N–H and O–H groups in total. The summed E-state index contributed by atoms with van der Waals surface area (Å²) in [4.78, 5) is 20.1. The van der Waals surface area contributed by atoms with Crippen LogP contribution in [0.5, 0.6) is 5.75 Å². The van der Waals surface area contributed by atoms with Gasteiger partial charge in [-0.2, -0.15) is 18.3 Å². The number of aromatic nitrogens is 4. The van der Waals surface area contributed by atoms with E-state index in [0.717, 1.165) is 17.7 Å². The van der Waals surface area contributed by atoms with Crippen molar-refractivity contribution in [2.75, 3.05) is 7.11 Å². The number of nitrogens with zero attached hydrogens (tertiary/aromatic N) is 3. The Morgan fingerprint density at radius 3 is 2.44 bits per heavy atom. The van der Waals surface area contributed by atoms with Crippen LogP contribution in [0.2, 0.25) is 0 Å². The third kappa shape index (κ3) is 4.52. The monoisotopic (exact) mass is 474 g/mol.